The maximum absolute atomic E-state index is 15.0. The van der Waals surface area contributed by atoms with Crippen molar-refractivity contribution in [3.63, 3.8) is 0 Å². The number of aryl methyl sites for hydroxylation is 1. The summed E-state index contributed by atoms with van der Waals surface area (Å²) in [7, 11) is 0. The molecule has 0 atom stereocenters. The van der Waals surface area contributed by atoms with Gasteiger partial charge in [-0.15, -0.1) is 0 Å². The molecule has 156 valence electrons. The normalized spacial score (nSPS) is 10.9. The van der Waals surface area contributed by atoms with Crippen molar-refractivity contribution in [2.45, 2.75) is 26.2 Å². The molecule has 0 spiro atoms. The van der Waals surface area contributed by atoms with Crippen LogP contribution in [-0.4, -0.2) is 6.61 Å². The standard InChI is InChI=1S/C29H27FO/c1-3-5-6-21-7-8-24-19-25(10-9-23(24)18-21)26-13-16-28(29(30)20-26)22-11-14-27(15-12-22)31-17-4-2/h4,7-16,18-20H,2-3,5-6,17H2,1H3. The van der Waals surface area contributed by atoms with Gasteiger partial charge in [0.25, 0.3) is 0 Å². The maximum atomic E-state index is 15.0. The van der Waals surface area contributed by atoms with Gasteiger partial charge in [-0.1, -0.05) is 80.6 Å². The van der Waals surface area contributed by atoms with Crippen LogP contribution >= 0.6 is 0 Å². The summed E-state index contributed by atoms with van der Waals surface area (Å²) in [6.07, 6.45) is 5.22. The molecular formula is C29H27FO. The highest BCUT2D eigenvalue weighted by molar-refractivity contribution is 5.88. The first kappa shape index (κ1) is 20.9. The Bertz CT molecular complexity index is 1190. The first-order valence-corrected chi connectivity index (χ1v) is 10.8. The zero-order chi connectivity index (χ0) is 21.6. The van der Waals surface area contributed by atoms with Crippen LogP contribution < -0.4 is 4.74 Å². The summed E-state index contributed by atoms with van der Waals surface area (Å²) >= 11 is 0. The van der Waals surface area contributed by atoms with E-state index in [4.69, 9.17) is 4.74 Å². The lowest BCUT2D eigenvalue weighted by Gasteiger charge is -2.10. The minimum absolute atomic E-state index is 0.229. The number of halogens is 1. The van der Waals surface area contributed by atoms with Gasteiger partial charge in [-0.25, -0.2) is 4.39 Å². The number of benzene rings is 4. The summed E-state index contributed by atoms with van der Waals surface area (Å²) < 4.78 is 20.5. The summed E-state index contributed by atoms with van der Waals surface area (Å²) in [4.78, 5) is 0. The van der Waals surface area contributed by atoms with Crippen LogP contribution in [-0.2, 0) is 6.42 Å². The van der Waals surface area contributed by atoms with Crippen LogP contribution in [0, 0.1) is 5.82 Å². The molecule has 0 aromatic heterocycles. The van der Waals surface area contributed by atoms with Crippen LogP contribution in [0.25, 0.3) is 33.0 Å². The molecule has 4 aromatic carbocycles. The fourth-order valence-electron chi connectivity index (χ4n) is 3.83. The second kappa shape index (κ2) is 9.61. The van der Waals surface area contributed by atoms with Crippen molar-refractivity contribution in [3.8, 4) is 28.0 Å². The van der Waals surface area contributed by atoms with E-state index in [0.717, 1.165) is 28.9 Å². The molecule has 0 aliphatic carbocycles. The number of rotatable bonds is 8. The largest absolute Gasteiger partial charge is 0.490 e. The van der Waals surface area contributed by atoms with Gasteiger partial charge < -0.3 is 4.74 Å². The second-order valence-electron chi connectivity index (χ2n) is 7.82. The summed E-state index contributed by atoms with van der Waals surface area (Å²) in [5.74, 6) is 0.516. The first-order valence-electron chi connectivity index (χ1n) is 10.8. The molecule has 0 heterocycles. The van der Waals surface area contributed by atoms with Crippen molar-refractivity contribution in [1.82, 2.24) is 0 Å². The maximum Gasteiger partial charge on any atom is 0.131 e. The van der Waals surface area contributed by atoms with Crippen molar-refractivity contribution in [1.29, 1.82) is 0 Å². The molecule has 0 saturated heterocycles. The van der Waals surface area contributed by atoms with Crippen molar-refractivity contribution in [2.24, 2.45) is 0 Å². The van der Waals surface area contributed by atoms with Gasteiger partial charge in [0.05, 0.1) is 0 Å². The predicted molar refractivity (Wildman–Crippen MR) is 129 cm³/mol. The van der Waals surface area contributed by atoms with Gasteiger partial charge in [-0.05, 0) is 70.1 Å². The zero-order valence-electron chi connectivity index (χ0n) is 17.9. The number of hydrogen-bond acceptors (Lipinski definition) is 1. The van der Waals surface area contributed by atoms with Gasteiger partial charge in [0.2, 0.25) is 0 Å². The van der Waals surface area contributed by atoms with E-state index in [1.807, 2.05) is 36.4 Å². The minimum atomic E-state index is -0.229. The number of unbranched alkanes of at least 4 members (excludes halogenated alkanes) is 1. The van der Waals surface area contributed by atoms with E-state index in [-0.39, 0.29) is 5.82 Å². The van der Waals surface area contributed by atoms with Crippen molar-refractivity contribution >= 4 is 10.8 Å². The molecule has 0 aliphatic heterocycles. The van der Waals surface area contributed by atoms with Crippen LogP contribution in [0.4, 0.5) is 4.39 Å². The first-order chi connectivity index (χ1) is 15.2. The van der Waals surface area contributed by atoms with Gasteiger partial charge >= 0.3 is 0 Å². The molecular weight excluding hydrogens is 383 g/mol. The topological polar surface area (TPSA) is 9.23 Å². The predicted octanol–water partition coefficient (Wildman–Crippen LogP) is 8.22. The van der Waals surface area contributed by atoms with Crippen molar-refractivity contribution in [2.75, 3.05) is 6.61 Å². The van der Waals surface area contributed by atoms with Crippen LogP contribution in [0.5, 0.6) is 5.75 Å². The third kappa shape index (κ3) is 4.86. The molecule has 31 heavy (non-hydrogen) atoms. The van der Waals surface area contributed by atoms with E-state index in [0.29, 0.717) is 12.2 Å². The molecule has 4 aromatic rings. The lowest BCUT2D eigenvalue weighted by Crippen LogP contribution is -1.92. The quantitative estimate of drug-likeness (QED) is 0.266. The van der Waals surface area contributed by atoms with Gasteiger partial charge in [-0.2, -0.15) is 0 Å². The smallest absolute Gasteiger partial charge is 0.131 e. The minimum Gasteiger partial charge on any atom is -0.490 e. The van der Waals surface area contributed by atoms with Gasteiger partial charge in [-0.3, -0.25) is 0 Å². The average Bonchev–Trinajstić information content (AvgIpc) is 2.81. The van der Waals surface area contributed by atoms with Gasteiger partial charge in [0, 0.05) is 5.56 Å². The van der Waals surface area contributed by atoms with Crippen LogP contribution in [0.15, 0.2) is 91.5 Å². The number of fused-ring (bicyclic) bond motifs is 1. The Hall–Kier alpha value is -3.39. The van der Waals surface area contributed by atoms with E-state index < -0.39 is 0 Å². The highest BCUT2D eigenvalue weighted by atomic mass is 19.1. The summed E-state index contributed by atoms with van der Waals surface area (Å²) in [5, 5.41) is 2.41. The SMILES string of the molecule is C=CCOc1ccc(-c2ccc(-c3ccc4cc(CCCC)ccc4c3)cc2F)cc1. The van der Waals surface area contributed by atoms with Crippen molar-refractivity contribution in [3.05, 3.63) is 103 Å². The van der Waals surface area contributed by atoms with Crippen LogP contribution in [0.3, 0.4) is 0 Å². The Morgan fingerprint density at radius 1 is 0.806 bits per heavy atom. The molecule has 0 radical (unpaired) electrons. The van der Waals surface area contributed by atoms with E-state index in [1.54, 1.807) is 12.1 Å². The Morgan fingerprint density at radius 3 is 2.23 bits per heavy atom. The van der Waals surface area contributed by atoms with Crippen LogP contribution in [0.2, 0.25) is 0 Å². The number of ether oxygens (including phenoxy) is 1. The van der Waals surface area contributed by atoms with E-state index in [9.17, 15) is 4.39 Å². The average molecular weight is 411 g/mol. The summed E-state index contributed by atoms with van der Waals surface area (Å²) in [5.41, 5.74) is 4.68. The Labute approximate surface area is 183 Å². The molecule has 0 aliphatic rings. The number of hydrogen-bond donors (Lipinski definition) is 0. The fraction of sp³-hybridized carbons (Fsp3) is 0.172. The summed E-state index contributed by atoms with van der Waals surface area (Å²) in [6, 6.07) is 25.9. The molecule has 2 heteroatoms. The Kier molecular flexibility index (Phi) is 6.47. The Morgan fingerprint density at radius 2 is 1.48 bits per heavy atom. The molecule has 0 saturated carbocycles. The Balaban J connectivity index is 1.58. The third-order valence-corrected chi connectivity index (χ3v) is 5.56. The molecule has 1 nitrogen and oxygen atoms in total. The van der Waals surface area contributed by atoms with E-state index in [1.165, 1.54) is 29.2 Å². The molecule has 4 rings (SSSR count). The van der Waals surface area contributed by atoms with E-state index in [2.05, 4.69) is 49.9 Å². The third-order valence-electron chi connectivity index (χ3n) is 5.56. The van der Waals surface area contributed by atoms with E-state index >= 15 is 0 Å². The van der Waals surface area contributed by atoms with Crippen molar-refractivity contribution < 1.29 is 9.13 Å². The molecule has 0 amide bonds. The highest BCUT2D eigenvalue weighted by Crippen LogP contribution is 2.31. The van der Waals surface area contributed by atoms with Gasteiger partial charge in [0.15, 0.2) is 0 Å². The van der Waals surface area contributed by atoms with Crippen LogP contribution in [0.1, 0.15) is 25.3 Å². The van der Waals surface area contributed by atoms with Gasteiger partial charge in [0.1, 0.15) is 18.2 Å². The molecule has 0 fully saturated rings. The second-order valence-corrected chi connectivity index (χ2v) is 7.82. The molecule has 0 bridgehead atoms. The zero-order valence-corrected chi connectivity index (χ0v) is 17.9. The monoisotopic (exact) mass is 410 g/mol. The molecule has 0 N–H and O–H groups in total. The highest BCUT2D eigenvalue weighted by Gasteiger charge is 2.09. The molecule has 0 unspecified atom stereocenters. The lowest BCUT2D eigenvalue weighted by atomic mass is 9.96. The lowest BCUT2D eigenvalue weighted by molar-refractivity contribution is 0.363. The fourth-order valence-corrected chi connectivity index (χ4v) is 3.83. The summed E-state index contributed by atoms with van der Waals surface area (Å²) in [6.45, 7) is 6.31.